The Bertz CT molecular complexity index is 1180. The van der Waals surface area contributed by atoms with Gasteiger partial charge in [0.2, 0.25) is 11.7 Å². The average molecular weight is 434 g/mol. The van der Waals surface area contributed by atoms with Crippen LogP contribution in [0.25, 0.3) is 5.57 Å². The summed E-state index contributed by atoms with van der Waals surface area (Å²) in [6, 6.07) is 8.25. The summed E-state index contributed by atoms with van der Waals surface area (Å²) in [6.07, 6.45) is -1.95. The number of rotatable bonds is 4. The van der Waals surface area contributed by atoms with Crippen LogP contribution in [0.4, 0.5) is 23.5 Å². The van der Waals surface area contributed by atoms with Crippen molar-refractivity contribution in [3.8, 4) is 0 Å². The molecule has 6 nitrogen and oxygen atoms in total. The van der Waals surface area contributed by atoms with E-state index >= 15 is 0 Å². The molecule has 3 heterocycles. The third-order valence-corrected chi connectivity index (χ3v) is 5.04. The van der Waals surface area contributed by atoms with Gasteiger partial charge in [0.1, 0.15) is 17.4 Å². The molecule has 1 aromatic carbocycles. The lowest BCUT2D eigenvalue weighted by atomic mass is 10.00. The first-order valence-electron chi connectivity index (χ1n) is 9.52. The Balaban J connectivity index is 1.50. The molecule has 1 aliphatic rings. The van der Waals surface area contributed by atoms with Crippen molar-refractivity contribution >= 4 is 11.5 Å². The van der Waals surface area contributed by atoms with E-state index in [1.807, 2.05) is 11.0 Å². The molecule has 0 saturated heterocycles. The van der Waals surface area contributed by atoms with Gasteiger partial charge in [-0.05, 0) is 48.7 Å². The zero-order valence-corrected chi connectivity index (χ0v) is 16.5. The van der Waals surface area contributed by atoms with Crippen LogP contribution in [-0.4, -0.2) is 27.6 Å². The summed E-state index contributed by atoms with van der Waals surface area (Å²) in [5.41, 5.74) is 1.38. The summed E-state index contributed by atoms with van der Waals surface area (Å²) in [7, 11) is 0. The van der Waals surface area contributed by atoms with Gasteiger partial charge in [0.15, 0.2) is 0 Å². The molecule has 0 bridgehead atoms. The van der Waals surface area contributed by atoms with Gasteiger partial charge in [-0.3, -0.25) is 4.57 Å². The maximum Gasteiger partial charge on any atom is 0.449 e. The number of hydrogen-bond donors (Lipinski definition) is 0. The highest BCUT2D eigenvalue weighted by atomic mass is 19.4. The summed E-state index contributed by atoms with van der Waals surface area (Å²) < 4.78 is 57.1. The van der Waals surface area contributed by atoms with Gasteiger partial charge in [-0.1, -0.05) is 18.2 Å². The zero-order chi connectivity index (χ0) is 22.2. The molecule has 10 heteroatoms. The van der Waals surface area contributed by atoms with Crippen LogP contribution in [0, 0.1) is 12.7 Å². The van der Waals surface area contributed by atoms with Gasteiger partial charge in [0, 0.05) is 13.1 Å². The van der Waals surface area contributed by atoms with Gasteiger partial charge in [-0.2, -0.15) is 23.1 Å². The van der Waals surface area contributed by atoms with Crippen LogP contribution < -0.4 is 10.6 Å². The second kappa shape index (κ2) is 8.01. The standard InChI is InChI=1S/C21H18F4N4O2/c1-13-26-19(28-10-8-15(9-11-28)14-2-4-16(22)5-3-14)27-20(30)29(13)12-17-6-7-18(31-17)21(23,24)25/h2-8H,9-12H2,1H3. The van der Waals surface area contributed by atoms with Crippen LogP contribution in [0.5, 0.6) is 0 Å². The van der Waals surface area contributed by atoms with Gasteiger partial charge in [0.05, 0.1) is 6.54 Å². The molecule has 0 unspecified atom stereocenters. The van der Waals surface area contributed by atoms with Crippen LogP contribution in [-0.2, 0) is 12.7 Å². The molecule has 1 aliphatic heterocycles. The predicted molar refractivity (Wildman–Crippen MR) is 105 cm³/mol. The lowest BCUT2D eigenvalue weighted by Crippen LogP contribution is -2.35. The minimum Gasteiger partial charge on any atom is -0.455 e. The third-order valence-electron chi connectivity index (χ3n) is 5.04. The van der Waals surface area contributed by atoms with E-state index in [4.69, 9.17) is 4.42 Å². The van der Waals surface area contributed by atoms with Crippen molar-refractivity contribution in [2.45, 2.75) is 26.1 Å². The van der Waals surface area contributed by atoms with E-state index < -0.39 is 17.6 Å². The van der Waals surface area contributed by atoms with Crippen LogP contribution in [0.2, 0.25) is 0 Å². The zero-order valence-electron chi connectivity index (χ0n) is 16.5. The number of alkyl halides is 3. The largest absolute Gasteiger partial charge is 0.455 e. The molecule has 0 radical (unpaired) electrons. The number of aryl methyl sites for hydroxylation is 1. The second-order valence-corrected chi connectivity index (χ2v) is 7.14. The van der Waals surface area contributed by atoms with Gasteiger partial charge in [-0.15, -0.1) is 0 Å². The van der Waals surface area contributed by atoms with Crippen molar-refractivity contribution in [3.05, 3.63) is 81.7 Å². The highest BCUT2D eigenvalue weighted by molar-refractivity contribution is 5.68. The molecule has 0 saturated carbocycles. The molecule has 162 valence electrons. The van der Waals surface area contributed by atoms with E-state index in [1.54, 1.807) is 19.1 Å². The molecule has 0 N–H and O–H groups in total. The molecule has 0 aliphatic carbocycles. The number of furan rings is 1. The Kier molecular flexibility index (Phi) is 5.38. The number of nitrogens with zero attached hydrogens (tertiary/aromatic N) is 4. The topological polar surface area (TPSA) is 64.2 Å². The fraction of sp³-hybridized carbons (Fsp3) is 0.286. The number of aromatic nitrogens is 3. The first kappa shape index (κ1) is 20.8. The molecule has 2 aromatic heterocycles. The molecule has 3 aromatic rings. The molecular weight excluding hydrogens is 416 g/mol. The van der Waals surface area contributed by atoms with E-state index in [0.717, 1.165) is 21.8 Å². The molecular formula is C21H18F4N4O2. The third kappa shape index (κ3) is 4.52. The molecule has 31 heavy (non-hydrogen) atoms. The van der Waals surface area contributed by atoms with E-state index in [1.165, 1.54) is 18.2 Å². The Morgan fingerprint density at radius 2 is 1.84 bits per heavy atom. The summed E-state index contributed by atoms with van der Waals surface area (Å²) >= 11 is 0. The number of anilines is 1. The van der Waals surface area contributed by atoms with Crippen molar-refractivity contribution < 1.29 is 22.0 Å². The van der Waals surface area contributed by atoms with E-state index in [2.05, 4.69) is 9.97 Å². The second-order valence-electron chi connectivity index (χ2n) is 7.14. The first-order valence-corrected chi connectivity index (χ1v) is 9.52. The summed E-state index contributed by atoms with van der Waals surface area (Å²) in [5.74, 6) is -0.867. The molecule has 0 fully saturated rings. The van der Waals surface area contributed by atoms with Crippen molar-refractivity contribution in [1.29, 1.82) is 0 Å². The number of hydrogen-bond acceptors (Lipinski definition) is 5. The number of benzene rings is 1. The van der Waals surface area contributed by atoms with Crippen LogP contribution >= 0.6 is 0 Å². The highest BCUT2D eigenvalue weighted by Gasteiger charge is 2.34. The van der Waals surface area contributed by atoms with E-state index in [9.17, 15) is 22.4 Å². The van der Waals surface area contributed by atoms with Crippen molar-refractivity contribution in [2.24, 2.45) is 0 Å². The lowest BCUT2D eigenvalue weighted by Gasteiger charge is -2.27. The monoisotopic (exact) mass is 434 g/mol. The van der Waals surface area contributed by atoms with Crippen molar-refractivity contribution in [2.75, 3.05) is 18.0 Å². The minimum atomic E-state index is -4.59. The normalized spacial score (nSPS) is 14.6. The van der Waals surface area contributed by atoms with Gasteiger partial charge < -0.3 is 9.32 Å². The molecule has 0 spiro atoms. The lowest BCUT2D eigenvalue weighted by molar-refractivity contribution is -0.153. The van der Waals surface area contributed by atoms with Crippen LogP contribution in [0.15, 0.2) is 51.7 Å². The van der Waals surface area contributed by atoms with Crippen LogP contribution in [0.1, 0.15) is 29.3 Å². The Labute approximate surface area is 174 Å². The Hall–Kier alpha value is -3.43. The Morgan fingerprint density at radius 1 is 1.10 bits per heavy atom. The molecule has 4 rings (SSSR count). The SMILES string of the molecule is Cc1nc(N2CC=C(c3ccc(F)cc3)CC2)nc(=O)n1Cc1ccc(C(F)(F)F)o1. The fourth-order valence-electron chi connectivity index (χ4n) is 3.39. The summed E-state index contributed by atoms with van der Waals surface area (Å²) in [4.78, 5) is 22.7. The smallest absolute Gasteiger partial charge is 0.449 e. The summed E-state index contributed by atoms with van der Waals surface area (Å²) in [5, 5.41) is 0. The van der Waals surface area contributed by atoms with Crippen molar-refractivity contribution in [1.82, 2.24) is 14.5 Å². The number of halogens is 4. The van der Waals surface area contributed by atoms with Gasteiger partial charge in [-0.25, -0.2) is 9.18 Å². The van der Waals surface area contributed by atoms with Gasteiger partial charge >= 0.3 is 11.9 Å². The highest BCUT2D eigenvalue weighted by Crippen LogP contribution is 2.30. The van der Waals surface area contributed by atoms with E-state index in [-0.39, 0.29) is 24.1 Å². The molecule has 0 amide bonds. The van der Waals surface area contributed by atoms with Gasteiger partial charge in [0.25, 0.3) is 0 Å². The van der Waals surface area contributed by atoms with Crippen LogP contribution in [0.3, 0.4) is 0 Å². The fourth-order valence-corrected chi connectivity index (χ4v) is 3.39. The minimum absolute atomic E-state index is 0.0151. The quantitative estimate of drug-likeness (QED) is 0.580. The maximum atomic E-state index is 13.1. The maximum absolute atomic E-state index is 13.1. The average Bonchev–Trinajstić information content (AvgIpc) is 3.21. The Morgan fingerprint density at radius 3 is 2.42 bits per heavy atom. The first-order chi connectivity index (χ1) is 14.7. The summed E-state index contributed by atoms with van der Waals surface area (Å²) in [6.45, 7) is 2.43. The van der Waals surface area contributed by atoms with E-state index in [0.29, 0.717) is 25.3 Å². The predicted octanol–water partition coefficient (Wildman–Crippen LogP) is 4.04. The van der Waals surface area contributed by atoms with Crippen molar-refractivity contribution in [3.63, 3.8) is 0 Å². The molecule has 0 atom stereocenters.